The molecule has 0 amide bonds. The van der Waals surface area contributed by atoms with Crippen molar-refractivity contribution < 1.29 is 0 Å². The van der Waals surface area contributed by atoms with Crippen molar-refractivity contribution in [1.82, 2.24) is 0 Å². The van der Waals surface area contributed by atoms with Crippen molar-refractivity contribution in [2.45, 2.75) is 32.2 Å². The molecule has 2 rings (SSSR count). The van der Waals surface area contributed by atoms with Gasteiger partial charge in [0.15, 0.2) is 0 Å². The van der Waals surface area contributed by atoms with E-state index in [4.69, 9.17) is 11.0 Å². The second kappa shape index (κ2) is 3.43. The number of rotatable bonds is 0. The van der Waals surface area contributed by atoms with E-state index in [2.05, 4.69) is 12.1 Å². The van der Waals surface area contributed by atoms with Crippen LogP contribution in [0, 0.1) is 18.3 Å². The van der Waals surface area contributed by atoms with Crippen LogP contribution in [0.15, 0.2) is 12.1 Å². The summed E-state index contributed by atoms with van der Waals surface area (Å²) in [5.74, 6) is 0. The molecule has 72 valence electrons. The number of fused-ring (bicyclic) bond motifs is 1. The van der Waals surface area contributed by atoms with Crippen LogP contribution in [-0.2, 0) is 12.8 Å². The smallest absolute Gasteiger partial charge is 0.0994 e. The minimum Gasteiger partial charge on any atom is -0.327 e. The van der Waals surface area contributed by atoms with Gasteiger partial charge in [0.05, 0.1) is 11.6 Å². The maximum atomic E-state index is 8.90. The second-order valence-electron chi connectivity index (χ2n) is 3.99. The standard InChI is InChI=1S/C12H14N2/c1-8-10(7-13)3-2-9-6-11(14)4-5-12(8)9/h2-3,11H,4-6,14H2,1H3/t11-/m1/s1. The summed E-state index contributed by atoms with van der Waals surface area (Å²) in [6.45, 7) is 2.04. The number of nitrogens with two attached hydrogens (primary N) is 1. The summed E-state index contributed by atoms with van der Waals surface area (Å²) in [5.41, 5.74) is 10.5. The Kier molecular flexibility index (Phi) is 2.26. The highest BCUT2D eigenvalue weighted by Crippen LogP contribution is 2.25. The van der Waals surface area contributed by atoms with Gasteiger partial charge in [0.1, 0.15) is 0 Å². The van der Waals surface area contributed by atoms with Crippen LogP contribution in [0.2, 0.25) is 0 Å². The fraction of sp³-hybridized carbons (Fsp3) is 0.417. The first kappa shape index (κ1) is 9.23. The molecule has 14 heavy (non-hydrogen) atoms. The highest BCUT2D eigenvalue weighted by atomic mass is 14.6. The fourth-order valence-corrected chi connectivity index (χ4v) is 2.19. The molecule has 2 N–H and O–H groups in total. The summed E-state index contributed by atoms with van der Waals surface area (Å²) in [6, 6.07) is 6.49. The van der Waals surface area contributed by atoms with Gasteiger partial charge in [-0.15, -0.1) is 0 Å². The first-order valence-corrected chi connectivity index (χ1v) is 4.99. The molecule has 0 radical (unpaired) electrons. The van der Waals surface area contributed by atoms with E-state index in [0.29, 0.717) is 6.04 Å². The topological polar surface area (TPSA) is 49.8 Å². The Morgan fingerprint density at radius 1 is 1.50 bits per heavy atom. The van der Waals surface area contributed by atoms with Gasteiger partial charge in [-0.2, -0.15) is 5.26 Å². The molecular formula is C12H14N2. The zero-order chi connectivity index (χ0) is 10.1. The third kappa shape index (κ3) is 1.40. The van der Waals surface area contributed by atoms with E-state index in [-0.39, 0.29) is 0 Å². The van der Waals surface area contributed by atoms with Crippen molar-refractivity contribution in [2.75, 3.05) is 0 Å². The van der Waals surface area contributed by atoms with Gasteiger partial charge in [0.2, 0.25) is 0 Å². The summed E-state index contributed by atoms with van der Waals surface area (Å²) >= 11 is 0. The number of nitriles is 1. The molecule has 0 saturated carbocycles. The summed E-state index contributed by atoms with van der Waals surface area (Å²) in [7, 11) is 0. The zero-order valence-corrected chi connectivity index (χ0v) is 8.38. The molecule has 0 bridgehead atoms. The van der Waals surface area contributed by atoms with Gasteiger partial charge < -0.3 is 5.73 Å². The fourth-order valence-electron chi connectivity index (χ4n) is 2.19. The highest BCUT2D eigenvalue weighted by Gasteiger charge is 2.18. The molecule has 1 aliphatic carbocycles. The Bertz CT molecular complexity index is 402. The quantitative estimate of drug-likeness (QED) is 0.670. The number of benzene rings is 1. The van der Waals surface area contributed by atoms with Gasteiger partial charge in [-0.25, -0.2) is 0 Å². The van der Waals surface area contributed by atoms with E-state index in [1.807, 2.05) is 13.0 Å². The molecular weight excluding hydrogens is 172 g/mol. The minimum atomic E-state index is 0.301. The van der Waals surface area contributed by atoms with Crippen molar-refractivity contribution in [3.63, 3.8) is 0 Å². The molecule has 0 aliphatic heterocycles. The van der Waals surface area contributed by atoms with Crippen LogP contribution in [-0.4, -0.2) is 6.04 Å². The highest BCUT2D eigenvalue weighted by molar-refractivity contribution is 5.47. The van der Waals surface area contributed by atoms with Crippen molar-refractivity contribution >= 4 is 0 Å². The summed E-state index contributed by atoms with van der Waals surface area (Å²) in [6.07, 6.45) is 3.03. The van der Waals surface area contributed by atoms with E-state index in [0.717, 1.165) is 30.4 Å². The molecule has 1 aliphatic rings. The second-order valence-corrected chi connectivity index (χ2v) is 3.99. The summed E-state index contributed by atoms with van der Waals surface area (Å²) in [5, 5.41) is 8.90. The molecule has 0 saturated heterocycles. The molecule has 0 heterocycles. The Hall–Kier alpha value is -1.33. The normalized spacial score (nSPS) is 19.9. The molecule has 0 spiro atoms. The number of hydrogen-bond donors (Lipinski definition) is 1. The Morgan fingerprint density at radius 3 is 3.00 bits per heavy atom. The van der Waals surface area contributed by atoms with Crippen LogP contribution in [0.4, 0.5) is 0 Å². The minimum absolute atomic E-state index is 0.301. The third-order valence-electron chi connectivity index (χ3n) is 3.06. The molecule has 1 aromatic carbocycles. The predicted molar refractivity (Wildman–Crippen MR) is 55.9 cm³/mol. The van der Waals surface area contributed by atoms with Gasteiger partial charge in [-0.05, 0) is 48.9 Å². The average molecular weight is 186 g/mol. The lowest BCUT2D eigenvalue weighted by molar-refractivity contribution is 0.574. The molecule has 0 unspecified atom stereocenters. The molecule has 1 aromatic rings. The average Bonchev–Trinajstić information content (AvgIpc) is 2.18. The van der Waals surface area contributed by atoms with Crippen LogP contribution < -0.4 is 5.73 Å². The van der Waals surface area contributed by atoms with Crippen LogP contribution in [0.1, 0.15) is 28.7 Å². The maximum absolute atomic E-state index is 8.90. The SMILES string of the molecule is Cc1c(C#N)ccc2c1CC[C@@H](N)C2. The van der Waals surface area contributed by atoms with Gasteiger partial charge in [0, 0.05) is 6.04 Å². The van der Waals surface area contributed by atoms with Crippen molar-refractivity contribution in [3.05, 3.63) is 34.4 Å². The first-order chi connectivity index (χ1) is 6.72. The van der Waals surface area contributed by atoms with Gasteiger partial charge in [-0.3, -0.25) is 0 Å². The molecule has 1 atom stereocenters. The van der Waals surface area contributed by atoms with E-state index in [1.165, 1.54) is 11.1 Å². The Labute approximate surface area is 84.3 Å². The van der Waals surface area contributed by atoms with Gasteiger partial charge in [-0.1, -0.05) is 6.07 Å². The van der Waals surface area contributed by atoms with Gasteiger partial charge >= 0.3 is 0 Å². The lowest BCUT2D eigenvalue weighted by Gasteiger charge is -2.23. The number of nitrogens with zero attached hydrogens (tertiary/aromatic N) is 1. The number of hydrogen-bond acceptors (Lipinski definition) is 2. The molecule has 0 aromatic heterocycles. The van der Waals surface area contributed by atoms with Crippen LogP contribution >= 0.6 is 0 Å². The largest absolute Gasteiger partial charge is 0.327 e. The van der Waals surface area contributed by atoms with Crippen molar-refractivity contribution in [3.8, 4) is 6.07 Å². The van der Waals surface area contributed by atoms with E-state index in [1.54, 1.807) is 0 Å². The zero-order valence-electron chi connectivity index (χ0n) is 8.38. The monoisotopic (exact) mass is 186 g/mol. The van der Waals surface area contributed by atoms with Crippen LogP contribution in [0.25, 0.3) is 0 Å². The van der Waals surface area contributed by atoms with Crippen molar-refractivity contribution in [2.24, 2.45) is 5.73 Å². The molecule has 2 nitrogen and oxygen atoms in total. The molecule has 2 heteroatoms. The van der Waals surface area contributed by atoms with Crippen LogP contribution in [0.5, 0.6) is 0 Å². The third-order valence-corrected chi connectivity index (χ3v) is 3.06. The van der Waals surface area contributed by atoms with E-state index >= 15 is 0 Å². The van der Waals surface area contributed by atoms with Crippen LogP contribution in [0.3, 0.4) is 0 Å². The summed E-state index contributed by atoms with van der Waals surface area (Å²) < 4.78 is 0. The van der Waals surface area contributed by atoms with Gasteiger partial charge in [0.25, 0.3) is 0 Å². The maximum Gasteiger partial charge on any atom is 0.0994 e. The van der Waals surface area contributed by atoms with E-state index in [9.17, 15) is 0 Å². The van der Waals surface area contributed by atoms with Crippen molar-refractivity contribution in [1.29, 1.82) is 5.26 Å². The summed E-state index contributed by atoms with van der Waals surface area (Å²) in [4.78, 5) is 0. The first-order valence-electron chi connectivity index (χ1n) is 4.99. The Morgan fingerprint density at radius 2 is 2.29 bits per heavy atom. The van der Waals surface area contributed by atoms with E-state index < -0.39 is 0 Å². The predicted octanol–water partition coefficient (Wildman–Crippen LogP) is 1.68. The molecule has 0 fully saturated rings. The lowest BCUT2D eigenvalue weighted by Crippen LogP contribution is -2.28. The lowest BCUT2D eigenvalue weighted by atomic mass is 9.84. The Balaban J connectivity index is 2.50.